The van der Waals surface area contributed by atoms with Crippen molar-refractivity contribution >= 4 is 23.2 Å². The summed E-state index contributed by atoms with van der Waals surface area (Å²) in [6, 6.07) is 5.42. The van der Waals surface area contributed by atoms with Crippen LogP contribution in [0.15, 0.2) is 18.2 Å². The summed E-state index contributed by atoms with van der Waals surface area (Å²) in [5.41, 5.74) is 1.29. The van der Waals surface area contributed by atoms with Crippen molar-refractivity contribution in [1.82, 2.24) is 0 Å². The molecule has 1 aromatic carbocycles. The maximum Gasteiger partial charge on any atom is 0.264 e. The highest BCUT2D eigenvalue weighted by molar-refractivity contribution is 6.04. The van der Waals surface area contributed by atoms with E-state index in [1.54, 1.807) is 19.2 Å². The Morgan fingerprint density at radius 3 is 2.89 bits per heavy atom. The van der Waals surface area contributed by atoms with Crippen molar-refractivity contribution in [1.29, 1.82) is 0 Å². The van der Waals surface area contributed by atoms with Crippen LogP contribution < -0.4 is 15.0 Å². The first-order chi connectivity index (χ1) is 9.16. The molecule has 2 amide bonds. The molecule has 5 nitrogen and oxygen atoms in total. The van der Waals surface area contributed by atoms with Crippen LogP contribution in [-0.4, -0.2) is 25.5 Å². The second-order valence-electron chi connectivity index (χ2n) is 5.01. The summed E-state index contributed by atoms with van der Waals surface area (Å²) in [5.74, 6) is 0.666. The molecule has 19 heavy (non-hydrogen) atoms. The van der Waals surface area contributed by atoms with Crippen molar-refractivity contribution in [2.75, 3.05) is 23.9 Å². The lowest BCUT2D eigenvalue weighted by Crippen LogP contribution is -2.36. The van der Waals surface area contributed by atoms with Crippen molar-refractivity contribution in [3.8, 4) is 5.75 Å². The maximum absolute atomic E-state index is 12.0. The van der Waals surface area contributed by atoms with Crippen molar-refractivity contribution in [3.63, 3.8) is 0 Å². The highest BCUT2D eigenvalue weighted by atomic mass is 16.5. The number of fused-ring (bicyclic) bond motifs is 1. The Morgan fingerprint density at radius 2 is 2.21 bits per heavy atom. The fraction of sp³-hybridized carbons (Fsp3) is 0.429. The number of para-hydroxylation sites is 1. The first kappa shape index (κ1) is 12.0. The average molecular weight is 260 g/mol. The lowest BCUT2D eigenvalue weighted by atomic mass is 9.85. The number of carbonyl (C=O) groups is 2. The Labute approximate surface area is 111 Å². The Morgan fingerprint density at radius 1 is 1.42 bits per heavy atom. The van der Waals surface area contributed by atoms with Gasteiger partial charge in [-0.25, -0.2) is 0 Å². The Bertz CT molecular complexity index is 537. The largest absolute Gasteiger partial charge is 0.481 e. The minimum atomic E-state index is -0.113. The van der Waals surface area contributed by atoms with Crippen LogP contribution >= 0.6 is 0 Å². The first-order valence-corrected chi connectivity index (χ1v) is 6.50. The number of amides is 2. The summed E-state index contributed by atoms with van der Waals surface area (Å²) in [6.45, 7) is 0.0452. The summed E-state index contributed by atoms with van der Waals surface area (Å²) in [7, 11) is 1.70. The molecule has 2 aliphatic rings. The Kier molecular flexibility index (Phi) is 2.89. The Hall–Kier alpha value is -2.04. The van der Waals surface area contributed by atoms with Gasteiger partial charge in [-0.3, -0.25) is 9.59 Å². The zero-order valence-electron chi connectivity index (χ0n) is 10.8. The monoisotopic (exact) mass is 260 g/mol. The standard InChI is InChI=1S/C14H16N2O3/c1-16-12(17)8-19-11-7-3-6-10(13(11)16)15-14(18)9-4-2-5-9/h3,6-7,9H,2,4-5,8H2,1H3,(H,15,18). The van der Waals surface area contributed by atoms with Gasteiger partial charge < -0.3 is 15.0 Å². The van der Waals surface area contributed by atoms with E-state index in [1.807, 2.05) is 6.07 Å². The van der Waals surface area contributed by atoms with Crippen molar-refractivity contribution in [3.05, 3.63) is 18.2 Å². The number of rotatable bonds is 2. The quantitative estimate of drug-likeness (QED) is 0.881. The fourth-order valence-corrected chi connectivity index (χ4v) is 2.35. The summed E-state index contributed by atoms with van der Waals surface area (Å²) in [4.78, 5) is 25.2. The van der Waals surface area contributed by atoms with Crippen molar-refractivity contribution < 1.29 is 14.3 Å². The molecular formula is C14H16N2O3. The van der Waals surface area contributed by atoms with E-state index in [0.717, 1.165) is 19.3 Å². The molecule has 1 fully saturated rings. The smallest absolute Gasteiger partial charge is 0.264 e. The lowest BCUT2D eigenvalue weighted by molar-refractivity contribution is -0.122. The summed E-state index contributed by atoms with van der Waals surface area (Å²) in [6.07, 6.45) is 3.02. The number of ether oxygens (including phenoxy) is 1. The topological polar surface area (TPSA) is 58.6 Å². The summed E-state index contributed by atoms with van der Waals surface area (Å²) in [5, 5.41) is 2.91. The van der Waals surface area contributed by atoms with E-state index in [-0.39, 0.29) is 24.3 Å². The Balaban J connectivity index is 1.89. The van der Waals surface area contributed by atoms with Gasteiger partial charge in [0, 0.05) is 13.0 Å². The molecule has 1 aliphatic heterocycles. The first-order valence-electron chi connectivity index (χ1n) is 6.50. The molecule has 1 saturated carbocycles. The highest BCUT2D eigenvalue weighted by Crippen LogP contribution is 2.38. The van der Waals surface area contributed by atoms with Crippen LogP contribution in [0.3, 0.4) is 0 Å². The van der Waals surface area contributed by atoms with E-state index < -0.39 is 0 Å². The number of benzene rings is 1. The van der Waals surface area contributed by atoms with Gasteiger partial charge >= 0.3 is 0 Å². The number of anilines is 2. The summed E-state index contributed by atoms with van der Waals surface area (Å²) >= 11 is 0. The number of hydrogen-bond acceptors (Lipinski definition) is 3. The van der Waals surface area contributed by atoms with E-state index in [2.05, 4.69) is 5.32 Å². The van der Waals surface area contributed by atoms with E-state index in [9.17, 15) is 9.59 Å². The molecule has 1 aliphatic carbocycles. The van der Waals surface area contributed by atoms with Gasteiger partial charge in [-0.1, -0.05) is 12.5 Å². The number of nitrogens with zero attached hydrogens (tertiary/aromatic N) is 1. The zero-order valence-corrected chi connectivity index (χ0v) is 10.8. The molecule has 1 N–H and O–H groups in total. The molecule has 0 spiro atoms. The van der Waals surface area contributed by atoms with E-state index in [0.29, 0.717) is 17.1 Å². The lowest BCUT2D eigenvalue weighted by Gasteiger charge is -2.29. The van der Waals surface area contributed by atoms with Gasteiger partial charge in [0.2, 0.25) is 5.91 Å². The highest BCUT2D eigenvalue weighted by Gasteiger charge is 2.29. The van der Waals surface area contributed by atoms with Crippen LogP contribution in [-0.2, 0) is 9.59 Å². The van der Waals surface area contributed by atoms with Crippen LogP contribution in [0.4, 0.5) is 11.4 Å². The molecule has 0 atom stereocenters. The van der Waals surface area contributed by atoms with Gasteiger partial charge in [0.05, 0.1) is 5.69 Å². The molecule has 3 rings (SSSR count). The second kappa shape index (κ2) is 4.57. The molecule has 0 saturated heterocycles. The maximum atomic E-state index is 12.0. The molecular weight excluding hydrogens is 244 g/mol. The third kappa shape index (κ3) is 2.05. The van der Waals surface area contributed by atoms with E-state index in [4.69, 9.17) is 4.74 Å². The van der Waals surface area contributed by atoms with Gasteiger partial charge in [-0.2, -0.15) is 0 Å². The van der Waals surface area contributed by atoms with Crippen molar-refractivity contribution in [2.24, 2.45) is 5.92 Å². The number of carbonyl (C=O) groups excluding carboxylic acids is 2. The minimum absolute atomic E-state index is 0.0334. The molecule has 5 heteroatoms. The third-order valence-corrected chi connectivity index (χ3v) is 3.79. The van der Waals surface area contributed by atoms with Crippen LogP contribution in [0.2, 0.25) is 0 Å². The minimum Gasteiger partial charge on any atom is -0.481 e. The summed E-state index contributed by atoms with van der Waals surface area (Å²) < 4.78 is 5.39. The van der Waals surface area contributed by atoms with Gasteiger partial charge in [0.1, 0.15) is 11.4 Å². The van der Waals surface area contributed by atoms with Crippen LogP contribution in [0.1, 0.15) is 19.3 Å². The van der Waals surface area contributed by atoms with Gasteiger partial charge in [0.15, 0.2) is 6.61 Å². The molecule has 1 aromatic rings. The van der Waals surface area contributed by atoms with E-state index in [1.165, 1.54) is 4.90 Å². The number of likely N-dealkylation sites (N-methyl/N-ethyl adjacent to an activating group) is 1. The second-order valence-corrected chi connectivity index (χ2v) is 5.01. The molecule has 1 heterocycles. The SMILES string of the molecule is CN1C(=O)COc2cccc(NC(=O)C3CCC3)c21. The molecule has 100 valence electrons. The van der Waals surface area contributed by atoms with Gasteiger partial charge in [-0.05, 0) is 25.0 Å². The normalized spacial score (nSPS) is 18.4. The fourth-order valence-electron chi connectivity index (χ4n) is 2.35. The van der Waals surface area contributed by atoms with Gasteiger partial charge in [-0.15, -0.1) is 0 Å². The molecule has 0 radical (unpaired) electrons. The van der Waals surface area contributed by atoms with Crippen LogP contribution in [0.5, 0.6) is 5.75 Å². The average Bonchev–Trinajstić information content (AvgIpc) is 2.32. The third-order valence-electron chi connectivity index (χ3n) is 3.79. The van der Waals surface area contributed by atoms with Gasteiger partial charge in [0.25, 0.3) is 5.91 Å². The molecule has 0 bridgehead atoms. The van der Waals surface area contributed by atoms with Crippen molar-refractivity contribution in [2.45, 2.75) is 19.3 Å². The number of hydrogen-bond donors (Lipinski definition) is 1. The molecule has 0 aromatic heterocycles. The number of nitrogens with one attached hydrogen (secondary N) is 1. The van der Waals surface area contributed by atoms with E-state index >= 15 is 0 Å². The molecule has 0 unspecified atom stereocenters. The van der Waals surface area contributed by atoms with Crippen LogP contribution in [0, 0.1) is 5.92 Å². The predicted octanol–water partition coefficient (Wildman–Crippen LogP) is 1.78. The predicted molar refractivity (Wildman–Crippen MR) is 71.3 cm³/mol. The zero-order chi connectivity index (χ0) is 13.4. The van der Waals surface area contributed by atoms with Crippen LogP contribution in [0.25, 0.3) is 0 Å².